The summed E-state index contributed by atoms with van der Waals surface area (Å²) in [5.74, 6) is 0. The summed E-state index contributed by atoms with van der Waals surface area (Å²) < 4.78 is 2.78. The Kier molecular flexibility index (Phi) is 26.0. The first-order valence-corrected chi connectivity index (χ1v) is 23.3. The molecule has 0 aromatic heterocycles. The molecule has 0 spiro atoms. The van der Waals surface area contributed by atoms with Gasteiger partial charge in [0.2, 0.25) is 0 Å². The number of hydrogen-bond donors (Lipinski definition) is 4. The molecule has 4 fully saturated rings. The van der Waals surface area contributed by atoms with Gasteiger partial charge in [-0.1, -0.05) is 66.0 Å². The fraction of sp³-hybridized carbons (Fsp3) is 0.714. The molecule has 4 aliphatic heterocycles. The highest BCUT2D eigenvalue weighted by molar-refractivity contribution is 9.09. The van der Waals surface area contributed by atoms with Gasteiger partial charge in [0, 0.05) is 77.2 Å². The van der Waals surface area contributed by atoms with Crippen molar-refractivity contribution < 1.29 is 84.8 Å². The lowest BCUT2D eigenvalue weighted by Crippen LogP contribution is -3.00. The average molecular weight is 1170 g/mol. The number of likely N-dealkylation sites (tertiary alicyclic amines) is 4. The third-order valence-corrected chi connectivity index (χ3v) is 15.0. The molecule has 6 rings (SSSR count). The Labute approximate surface area is 395 Å². The van der Waals surface area contributed by atoms with Crippen molar-refractivity contribution in [1.82, 2.24) is 4.90 Å². The molecule has 0 saturated carbocycles. The molecule has 4 N–H and O–H groups in total. The Morgan fingerprint density at radius 1 is 0.500 bits per heavy atom. The molecule has 3 unspecified atom stereocenters. The molecule has 2 aromatic rings. The van der Waals surface area contributed by atoms with Crippen molar-refractivity contribution in [2.24, 2.45) is 0 Å². The van der Waals surface area contributed by atoms with Crippen LogP contribution in [0.25, 0.3) is 0 Å². The maximum absolute atomic E-state index is 9.98. The summed E-state index contributed by atoms with van der Waals surface area (Å²) >= 11 is 10.4. The van der Waals surface area contributed by atoms with Gasteiger partial charge in [-0.25, -0.2) is 0 Å². The number of benzene rings is 2. The standard InChI is InChI=1S/C27H48N3O3.C9H9Br3.C6H13NO.3BrH/c1-28(10-4-7-25(28)19-31)16-22-13-23(17-29(2)11-5-8-26(29)20-32)15-24(14-22)18-30(3)12-6-9-27(30)21-33;10-4-7-1-8(5-11)3-9(2-7)6-12;1-7-4-2-3-6(7)5-8;;;/h13-15,25-27,31-33H,4-12,16-21H2,1-3H3;1-3H,4-6H2;6,8H,2-5H2,1H3;3*1H/q+3;;;;;/p-3/t25-,26-,27-,28?,29?,30?;;6-;;;/m0.0.../s1. The summed E-state index contributed by atoms with van der Waals surface area (Å²) in [5.41, 5.74) is 8.14. The van der Waals surface area contributed by atoms with Gasteiger partial charge in [0.25, 0.3) is 0 Å². The highest BCUT2D eigenvalue weighted by Crippen LogP contribution is 2.33. The molecule has 2 aromatic carbocycles. The maximum Gasteiger partial charge on any atom is 0.113 e. The van der Waals surface area contributed by atoms with Gasteiger partial charge in [-0.3, -0.25) is 0 Å². The second-order valence-electron chi connectivity index (χ2n) is 17.2. The Morgan fingerprint density at radius 3 is 1.02 bits per heavy atom. The summed E-state index contributed by atoms with van der Waals surface area (Å²) in [7, 11) is 9.00. The summed E-state index contributed by atoms with van der Waals surface area (Å²) in [6.07, 6.45) is 9.33. The third-order valence-electron chi connectivity index (χ3n) is 13.1. The predicted molar refractivity (Wildman–Crippen MR) is 228 cm³/mol. The Hall–Kier alpha value is 1.000. The maximum atomic E-state index is 9.98. The van der Waals surface area contributed by atoms with Crippen molar-refractivity contribution in [2.45, 2.75) is 111 Å². The number of quaternary nitrogens is 3. The molecule has 14 heteroatoms. The van der Waals surface area contributed by atoms with Crippen LogP contribution in [0.4, 0.5) is 0 Å². The normalized spacial score (nSPS) is 29.6. The van der Waals surface area contributed by atoms with E-state index in [1.165, 1.54) is 65.5 Å². The lowest BCUT2D eigenvalue weighted by Gasteiger charge is -2.38. The van der Waals surface area contributed by atoms with Crippen LogP contribution in [0, 0.1) is 0 Å². The number of halogens is 6. The second-order valence-corrected chi connectivity index (χ2v) is 18.9. The van der Waals surface area contributed by atoms with Crippen LogP contribution in [0.15, 0.2) is 36.4 Å². The van der Waals surface area contributed by atoms with Crippen molar-refractivity contribution in [2.75, 3.05) is 80.8 Å². The Morgan fingerprint density at radius 2 is 0.804 bits per heavy atom. The van der Waals surface area contributed by atoms with Crippen LogP contribution in [0.5, 0.6) is 0 Å². The minimum atomic E-state index is 0. The Balaban J connectivity index is 0.000000561. The van der Waals surface area contributed by atoms with E-state index in [2.05, 4.69) is 117 Å². The van der Waals surface area contributed by atoms with E-state index in [-0.39, 0.29) is 70.8 Å². The first-order chi connectivity index (χ1) is 25.4. The fourth-order valence-corrected chi connectivity index (χ4v) is 10.7. The summed E-state index contributed by atoms with van der Waals surface area (Å²) in [6, 6.07) is 15.3. The number of aliphatic hydroxyl groups is 4. The van der Waals surface area contributed by atoms with E-state index in [9.17, 15) is 15.3 Å². The van der Waals surface area contributed by atoms with Crippen LogP contribution in [-0.2, 0) is 35.6 Å². The molecule has 8 nitrogen and oxygen atoms in total. The average Bonchev–Trinajstić information content (AvgIpc) is 3.93. The van der Waals surface area contributed by atoms with E-state index in [0.717, 1.165) is 94.5 Å². The zero-order valence-electron chi connectivity index (χ0n) is 34.2. The molecule has 0 amide bonds. The molecular formula is C42H70Br6N4O4. The van der Waals surface area contributed by atoms with Gasteiger partial charge in [0.15, 0.2) is 0 Å². The number of hydrogen-bond acceptors (Lipinski definition) is 5. The van der Waals surface area contributed by atoms with Gasteiger partial charge in [-0.2, -0.15) is 0 Å². The second kappa shape index (κ2) is 26.5. The number of alkyl halides is 3. The van der Waals surface area contributed by atoms with E-state index in [0.29, 0.717) is 30.8 Å². The Bertz CT molecular complexity index is 1260. The van der Waals surface area contributed by atoms with E-state index in [1.807, 2.05) is 0 Å². The highest BCUT2D eigenvalue weighted by atomic mass is 79.9. The van der Waals surface area contributed by atoms with Crippen LogP contribution < -0.4 is 50.9 Å². The van der Waals surface area contributed by atoms with Gasteiger partial charge in [-0.15, -0.1) is 0 Å². The van der Waals surface area contributed by atoms with E-state index < -0.39 is 0 Å². The molecule has 0 radical (unpaired) electrons. The summed E-state index contributed by atoms with van der Waals surface area (Å²) in [5, 5.41) is 41.4. The zero-order chi connectivity index (χ0) is 38.6. The first kappa shape index (κ1) is 55.0. The van der Waals surface area contributed by atoms with E-state index >= 15 is 0 Å². The highest BCUT2D eigenvalue weighted by Gasteiger charge is 2.41. The fourth-order valence-electron chi connectivity index (χ4n) is 9.68. The van der Waals surface area contributed by atoms with E-state index in [1.54, 1.807) is 0 Å². The van der Waals surface area contributed by atoms with Crippen LogP contribution in [-0.4, -0.2) is 144 Å². The topological polar surface area (TPSA) is 84.2 Å². The van der Waals surface area contributed by atoms with Crippen molar-refractivity contribution >= 4 is 47.8 Å². The summed E-state index contributed by atoms with van der Waals surface area (Å²) in [6.45, 7) is 8.57. The number of likely N-dealkylation sites (N-methyl/N-ethyl adjacent to an activating group) is 4. The van der Waals surface area contributed by atoms with Crippen molar-refractivity contribution in [1.29, 1.82) is 0 Å². The van der Waals surface area contributed by atoms with Gasteiger partial charge in [0.1, 0.15) is 37.8 Å². The lowest BCUT2D eigenvalue weighted by molar-refractivity contribution is -0.935. The minimum Gasteiger partial charge on any atom is -1.00 e. The quantitative estimate of drug-likeness (QED) is 0.132. The molecule has 4 heterocycles. The first-order valence-electron chi connectivity index (χ1n) is 20.0. The number of nitrogens with zero attached hydrogens (tertiary/aromatic N) is 4. The van der Waals surface area contributed by atoms with Gasteiger partial charge >= 0.3 is 0 Å². The molecule has 4 aliphatic rings. The SMILES string of the molecule is BrCc1cc(CBr)cc(CBr)c1.CN1CCC[C@H]1CO.C[N+]1(Cc2cc(C[N+]3(C)CCC[C@H]3CO)cc(C[N+]3(C)CCC[C@H]3CO)c2)CCC[C@H]1CO.[Br-].[Br-].[Br-]. The summed E-state index contributed by atoms with van der Waals surface area (Å²) in [4.78, 5) is 2.21. The molecule has 4 saturated heterocycles. The molecular weight excluding hydrogens is 1100 g/mol. The number of aliphatic hydroxyl groups excluding tert-OH is 4. The monoisotopic (exact) mass is 1170 g/mol. The minimum absolute atomic E-state index is 0. The van der Waals surface area contributed by atoms with Crippen LogP contribution in [0.1, 0.15) is 84.7 Å². The zero-order valence-corrected chi connectivity index (χ0v) is 43.7. The third kappa shape index (κ3) is 15.1. The molecule has 7 atom stereocenters. The van der Waals surface area contributed by atoms with Gasteiger partial charge in [0.05, 0.1) is 67.2 Å². The van der Waals surface area contributed by atoms with Crippen molar-refractivity contribution in [3.05, 3.63) is 69.8 Å². The van der Waals surface area contributed by atoms with Crippen molar-refractivity contribution in [3.8, 4) is 0 Å². The van der Waals surface area contributed by atoms with Gasteiger partial charge in [-0.05, 0) is 61.3 Å². The molecule has 324 valence electrons. The van der Waals surface area contributed by atoms with Crippen LogP contribution in [0.3, 0.4) is 0 Å². The molecule has 0 aliphatic carbocycles. The van der Waals surface area contributed by atoms with Crippen molar-refractivity contribution in [3.63, 3.8) is 0 Å². The van der Waals surface area contributed by atoms with E-state index in [4.69, 9.17) is 5.11 Å². The number of rotatable bonds is 13. The lowest BCUT2D eigenvalue weighted by atomic mass is 10.0. The molecule has 56 heavy (non-hydrogen) atoms. The molecule has 0 bridgehead atoms. The van der Waals surface area contributed by atoms with Crippen LogP contribution in [0.2, 0.25) is 0 Å². The van der Waals surface area contributed by atoms with Crippen LogP contribution >= 0.6 is 47.8 Å². The smallest absolute Gasteiger partial charge is 0.113 e. The van der Waals surface area contributed by atoms with Gasteiger partial charge < -0.3 is 89.7 Å². The largest absolute Gasteiger partial charge is 1.00 e. The predicted octanol–water partition coefficient (Wildman–Crippen LogP) is -2.55.